The number of nitrogens with two attached hydrogens (primary N) is 1. The van der Waals surface area contributed by atoms with Crippen LogP contribution in [-0.2, 0) is 4.79 Å². The molecule has 0 saturated carbocycles. The summed E-state index contributed by atoms with van der Waals surface area (Å²) in [5, 5.41) is 2.86. The van der Waals surface area contributed by atoms with Crippen molar-refractivity contribution in [3.8, 4) is 0 Å². The van der Waals surface area contributed by atoms with Crippen molar-refractivity contribution in [2.75, 3.05) is 31.7 Å². The number of carbonyl (C=O) groups excluding carboxylic acids is 1. The van der Waals surface area contributed by atoms with Crippen LogP contribution in [0.2, 0.25) is 0 Å². The molecule has 4 heteroatoms. The normalized spacial score (nSPS) is 10.5. The van der Waals surface area contributed by atoms with E-state index in [4.69, 9.17) is 5.73 Å². The number of amides is 1. The van der Waals surface area contributed by atoms with Crippen molar-refractivity contribution in [3.05, 3.63) is 23.8 Å². The maximum atomic E-state index is 11.6. The largest absolute Gasteiger partial charge is 0.399 e. The van der Waals surface area contributed by atoms with Gasteiger partial charge < -0.3 is 16.0 Å². The molecule has 4 nitrogen and oxygen atoms in total. The Morgan fingerprint density at radius 1 is 1.44 bits per heavy atom. The Morgan fingerprint density at radius 2 is 2.12 bits per heavy atom. The molecule has 88 valence electrons. The first-order valence-electron chi connectivity index (χ1n) is 5.30. The summed E-state index contributed by atoms with van der Waals surface area (Å²) in [6.07, 6.45) is 0.487. The van der Waals surface area contributed by atoms with Gasteiger partial charge in [-0.3, -0.25) is 4.79 Å². The Labute approximate surface area is 96.4 Å². The molecule has 0 bridgehead atoms. The van der Waals surface area contributed by atoms with Gasteiger partial charge in [-0.05, 0) is 38.7 Å². The molecule has 0 fully saturated rings. The van der Waals surface area contributed by atoms with Crippen molar-refractivity contribution in [2.24, 2.45) is 0 Å². The SMILES string of the molecule is Cc1ccc(N)cc1NC(=O)CCN(C)C. The number of nitrogens with one attached hydrogen (secondary N) is 1. The Bertz CT molecular complexity index is 375. The zero-order valence-corrected chi connectivity index (χ0v) is 10.1. The standard InChI is InChI=1S/C12H19N3O/c1-9-4-5-10(13)8-11(9)14-12(16)6-7-15(2)3/h4-5,8H,6-7,13H2,1-3H3,(H,14,16). The van der Waals surface area contributed by atoms with Crippen LogP contribution >= 0.6 is 0 Å². The first-order valence-corrected chi connectivity index (χ1v) is 5.30. The van der Waals surface area contributed by atoms with Crippen molar-refractivity contribution in [2.45, 2.75) is 13.3 Å². The first-order chi connectivity index (χ1) is 7.49. The van der Waals surface area contributed by atoms with Gasteiger partial charge in [0.1, 0.15) is 0 Å². The quantitative estimate of drug-likeness (QED) is 0.757. The number of hydrogen-bond donors (Lipinski definition) is 2. The summed E-state index contributed by atoms with van der Waals surface area (Å²) in [7, 11) is 3.89. The summed E-state index contributed by atoms with van der Waals surface area (Å²) < 4.78 is 0. The summed E-state index contributed by atoms with van der Waals surface area (Å²) in [6, 6.07) is 5.50. The highest BCUT2D eigenvalue weighted by Gasteiger charge is 2.05. The van der Waals surface area contributed by atoms with Gasteiger partial charge in [0.05, 0.1) is 0 Å². The summed E-state index contributed by atoms with van der Waals surface area (Å²) in [5.41, 5.74) is 8.14. The molecule has 0 spiro atoms. The molecule has 1 rings (SSSR count). The van der Waals surface area contributed by atoms with E-state index in [2.05, 4.69) is 5.32 Å². The van der Waals surface area contributed by atoms with Crippen LogP contribution in [0, 0.1) is 6.92 Å². The minimum absolute atomic E-state index is 0.0161. The zero-order chi connectivity index (χ0) is 12.1. The lowest BCUT2D eigenvalue weighted by Crippen LogP contribution is -2.21. The second-order valence-corrected chi connectivity index (χ2v) is 4.18. The highest BCUT2D eigenvalue weighted by Crippen LogP contribution is 2.18. The molecule has 0 atom stereocenters. The van der Waals surface area contributed by atoms with Gasteiger partial charge in [0.15, 0.2) is 0 Å². The average molecular weight is 221 g/mol. The van der Waals surface area contributed by atoms with Gasteiger partial charge in [-0.2, -0.15) is 0 Å². The van der Waals surface area contributed by atoms with Crippen LogP contribution in [0.25, 0.3) is 0 Å². The Morgan fingerprint density at radius 3 is 2.75 bits per heavy atom. The number of anilines is 2. The smallest absolute Gasteiger partial charge is 0.225 e. The van der Waals surface area contributed by atoms with Gasteiger partial charge in [0, 0.05) is 24.3 Å². The van der Waals surface area contributed by atoms with Crippen LogP contribution in [0.1, 0.15) is 12.0 Å². The van der Waals surface area contributed by atoms with Crippen molar-refractivity contribution in [1.82, 2.24) is 4.90 Å². The van der Waals surface area contributed by atoms with Gasteiger partial charge in [-0.25, -0.2) is 0 Å². The van der Waals surface area contributed by atoms with E-state index in [1.54, 1.807) is 6.07 Å². The molecule has 1 amide bonds. The monoisotopic (exact) mass is 221 g/mol. The lowest BCUT2D eigenvalue weighted by atomic mass is 10.2. The third kappa shape index (κ3) is 3.90. The van der Waals surface area contributed by atoms with Crippen molar-refractivity contribution in [1.29, 1.82) is 0 Å². The van der Waals surface area contributed by atoms with Crippen LogP contribution in [0.15, 0.2) is 18.2 Å². The van der Waals surface area contributed by atoms with Gasteiger partial charge in [-0.15, -0.1) is 0 Å². The lowest BCUT2D eigenvalue weighted by molar-refractivity contribution is -0.116. The minimum Gasteiger partial charge on any atom is -0.399 e. The molecule has 16 heavy (non-hydrogen) atoms. The molecule has 0 saturated heterocycles. The molecule has 0 aromatic heterocycles. The van der Waals surface area contributed by atoms with Crippen LogP contribution in [0.3, 0.4) is 0 Å². The average Bonchev–Trinajstić information content (AvgIpc) is 2.20. The van der Waals surface area contributed by atoms with Gasteiger partial charge >= 0.3 is 0 Å². The highest BCUT2D eigenvalue weighted by atomic mass is 16.1. The van der Waals surface area contributed by atoms with E-state index in [9.17, 15) is 4.79 Å². The number of benzene rings is 1. The van der Waals surface area contributed by atoms with E-state index >= 15 is 0 Å². The Kier molecular flexibility index (Phi) is 4.31. The number of nitrogens with zero attached hydrogens (tertiary/aromatic N) is 1. The van der Waals surface area contributed by atoms with E-state index in [-0.39, 0.29) is 5.91 Å². The fourth-order valence-corrected chi connectivity index (χ4v) is 1.31. The number of hydrogen-bond acceptors (Lipinski definition) is 3. The Hall–Kier alpha value is -1.55. The topological polar surface area (TPSA) is 58.4 Å². The first kappa shape index (κ1) is 12.5. The lowest BCUT2D eigenvalue weighted by Gasteiger charge is -2.11. The van der Waals surface area contributed by atoms with Crippen molar-refractivity contribution in [3.63, 3.8) is 0 Å². The predicted octanol–water partition coefficient (Wildman–Crippen LogP) is 1.47. The highest BCUT2D eigenvalue weighted by molar-refractivity contribution is 5.92. The molecule has 0 radical (unpaired) electrons. The van der Waals surface area contributed by atoms with Crippen molar-refractivity contribution >= 4 is 17.3 Å². The molecule has 0 aliphatic carbocycles. The van der Waals surface area contributed by atoms with Crippen molar-refractivity contribution < 1.29 is 4.79 Å². The van der Waals surface area contributed by atoms with Crippen LogP contribution < -0.4 is 11.1 Å². The van der Waals surface area contributed by atoms with E-state index in [0.717, 1.165) is 17.8 Å². The van der Waals surface area contributed by atoms with E-state index in [1.165, 1.54) is 0 Å². The predicted molar refractivity (Wildman–Crippen MR) is 67.4 cm³/mol. The van der Waals surface area contributed by atoms with E-state index in [0.29, 0.717) is 12.1 Å². The second kappa shape index (κ2) is 5.51. The van der Waals surface area contributed by atoms with Crippen LogP contribution in [0.4, 0.5) is 11.4 Å². The Balaban J connectivity index is 2.59. The molecule has 0 aliphatic rings. The molecule has 1 aromatic rings. The summed E-state index contributed by atoms with van der Waals surface area (Å²) in [4.78, 5) is 13.6. The van der Waals surface area contributed by atoms with Gasteiger partial charge in [0.2, 0.25) is 5.91 Å². The molecule has 0 heterocycles. The summed E-state index contributed by atoms with van der Waals surface area (Å²) in [5.74, 6) is 0.0161. The maximum Gasteiger partial charge on any atom is 0.225 e. The third-order valence-electron chi connectivity index (χ3n) is 2.32. The third-order valence-corrected chi connectivity index (χ3v) is 2.32. The number of carbonyl (C=O) groups is 1. The summed E-state index contributed by atoms with van der Waals surface area (Å²) >= 11 is 0. The van der Waals surface area contributed by atoms with Crippen LogP contribution in [0.5, 0.6) is 0 Å². The number of nitrogen functional groups attached to an aromatic ring is 1. The zero-order valence-electron chi connectivity index (χ0n) is 10.1. The number of rotatable bonds is 4. The minimum atomic E-state index is 0.0161. The second-order valence-electron chi connectivity index (χ2n) is 4.18. The van der Waals surface area contributed by atoms with Crippen LogP contribution in [-0.4, -0.2) is 31.4 Å². The fraction of sp³-hybridized carbons (Fsp3) is 0.417. The summed E-state index contributed by atoms with van der Waals surface area (Å²) in [6.45, 7) is 2.69. The molecule has 1 aromatic carbocycles. The van der Waals surface area contributed by atoms with E-state index in [1.807, 2.05) is 38.1 Å². The fourth-order valence-electron chi connectivity index (χ4n) is 1.31. The molecule has 0 aliphatic heterocycles. The van der Waals surface area contributed by atoms with E-state index < -0.39 is 0 Å². The van der Waals surface area contributed by atoms with Gasteiger partial charge in [-0.1, -0.05) is 6.07 Å². The molecule has 0 unspecified atom stereocenters. The molecular formula is C12H19N3O. The molecule has 3 N–H and O–H groups in total. The number of aryl methyl sites for hydroxylation is 1. The van der Waals surface area contributed by atoms with Gasteiger partial charge in [0.25, 0.3) is 0 Å². The maximum absolute atomic E-state index is 11.6. The molecular weight excluding hydrogens is 202 g/mol.